The summed E-state index contributed by atoms with van der Waals surface area (Å²) in [5, 5.41) is 6.63. The molecule has 2 rings (SSSR count). The van der Waals surface area contributed by atoms with Crippen LogP contribution in [0.25, 0.3) is 0 Å². The zero-order valence-corrected chi connectivity index (χ0v) is 13.2. The number of nitrogens with one attached hydrogen (secondary N) is 1. The quantitative estimate of drug-likeness (QED) is 0.934. The Kier molecular flexibility index (Phi) is 4.16. The predicted molar refractivity (Wildman–Crippen MR) is 82.3 cm³/mol. The van der Waals surface area contributed by atoms with Gasteiger partial charge in [-0.15, -0.1) is 0 Å². The molecule has 1 N–H and O–H groups in total. The van der Waals surface area contributed by atoms with Crippen molar-refractivity contribution < 1.29 is 9.32 Å². The first-order chi connectivity index (χ1) is 9.77. The third-order valence-corrected chi connectivity index (χ3v) is 3.48. The molecule has 4 heteroatoms. The van der Waals surface area contributed by atoms with E-state index in [0.29, 0.717) is 5.69 Å². The molecule has 0 aliphatic rings. The van der Waals surface area contributed by atoms with Crippen molar-refractivity contribution in [1.29, 1.82) is 0 Å². The van der Waals surface area contributed by atoms with Crippen LogP contribution in [0.1, 0.15) is 61.1 Å². The number of hydrogen-bond donors (Lipinski definition) is 1. The maximum atomic E-state index is 12.0. The molecule has 2 aromatic rings. The Balaban J connectivity index is 2.06. The highest BCUT2D eigenvalue weighted by Crippen LogP contribution is 2.24. The second-order valence-corrected chi connectivity index (χ2v) is 6.40. The Hall–Kier alpha value is -2.10. The van der Waals surface area contributed by atoms with Gasteiger partial charge < -0.3 is 9.84 Å². The molecule has 0 spiro atoms. The van der Waals surface area contributed by atoms with Gasteiger partial charge in [0.15, 0.2) is 0 Å². The monoisotopic (exact) mass is 286 g/mol. The third kappa shape index (κ3) is 3.72. The molecule has 0 fully saturated rings. The van der Waals surface area contributed by atoms with Gasteiger partial charge in [-0.25, -0.2) is 0 Å². The second-order valence-electron chi connectivity index (χ2n) is 6.40. The lowest BCUT2D eigenvalue weighted by atomic mass is 9.86. The Morgan fingerprint density at radius 3 is 2.33 bits per heavy atom. The van der Waals surface area contributed by atoms with Gasteiger partial charge in [0.2, 0.25) is 5.76 Å². The average molecular weight is 286 g/mol. The molecule has 1 unspecified atom stereocenters. The number of aromatic nitrogens is 1. The molecular weight excluding hydrogens is 264 g/mol. The Morgan fingerprint density at radius 1 is 1.24 bits per heavy atom. The zero-order chi connectivity index (χ0) is 15.6. The minimum atomic E-state index is -0.247. The van der Waals surface area contributed by atoms with Crippen molar-refractivity contribution in [2.45, 2.75) is 46.1 Å². The summed E-state index contributed by atoms with van der Waals surface area (Å²) in [4.78, 5) is 12.0. The van der Waals surface area contributed by atoms with Crippen molar-refractivity contribution in [2.75, 3.05) is 0 Å². The lowest BCUT2D eigenvalue weighted by Crippen LogP contribution is -2.26. The summed E-state index contributed by atoms with van der Waals surface area (Å²) in [6.45, 7) is 10.3. The molecular formula is C17H22N2O2. The highest BCUT2D eigenvalue weighted by molar-refractivity contribution is 5.91. The van der Waals surface area contributed by atoms with E-state index in [1.54, 1.807) is 13.0 Å². The van der Waals surface area contributed by atoms with Crippen molar-refractivity contribution in [3.05, 3.63) is 52.9 Å². The molecule has 1 atom stereocenters. The lowest BCUT2D eigenvalue weighted by molar-refractivity contribution is 0.0902. The standard InChI is InChI=1S/C17H22N2O2/c1-11-10-15(21-19-11)16(20)18-12(2)13-6-8-14(9-7-13)17(3,4)5/h6-10,12H,1-5H3,(H,18,20). The molecule has 112 valence electrons. The minimum absolute atomic E-state index is 0.0862. The fourth-order valence-electron chi connectivity index (χ4n) is 2.09. The van der Waals surface area contributed by atoms with E-state index in [4.69, 9.17) is 4.52 Å². The van der Waals surface area contributed by atoms with Crippen LogP contribution in [0, 0.1) is 6.92 Å². The van der Waals surface area contributed by atoms with Crippen LogP contribution in [0.5, 0.6) is 0 Å². The third-order valence-electron chi connectivity index (χ3n) is 3.48. The van der Waals surface area contributed by atoms with Crippen LogP contribution in [-0.4, -0.2) is 11.1 Å². The highest BCUT2D eigenvalue weighted by atomic mass is 16.5. The van der Waals surface area contributed by atoms with E-state index in [1.807, 2.05) is 6.92 Å². The molecule has 0 aliphatic carbocycles. The van der Waals surface area contributed by atoms with Crippen molar-refractivity contribution in [2.24, 2.45) is 0 Å². The van der Waals surface area contributed by atoms with E-state index in [2.05, 4.69) is 55.5 Å². The van der Waals surface area contributed by atoms with Gasteiger partial charge in [-0.3, -0.25) is 4.79 Å². The minimum Gasteiger partial charge on any atom is -0.351 e. The molecule has 0 saturated heterocycles. The van der Waals surface area contributed by atoms with Crippen LogP contribution in [0.3, 0.4) is 0 Å². The van der Waals surface area contributed by atoms with Crippen LogP contribution in [0.15, 0.2) is 34.9 Å². The van der Waals surface area contributed by atoms with E-state index in [0.717, 1.165) is 5.56 Å². The SMILES string of the molecule is Cc1cc(C(=O)NC(C)c2ccc(C(C)(C)C)cc2)on1. The molecule has 0 saturated carbocycles. The normalized spacial score (nSPS) is 13.0. The first-order valence-corrected chi connectivity index (χ1v) is 7.12. The molecule has 0 bridgehead atoms. The zero-order valence-electron chi connectivity index (χ0n) is 13.2. The van der Waals surface area contributed by atoms with Crippen LogP contribution >= 0.6 is 0 Å². The number of carbonyl (C=O) groups excluding carboxylic acids is 1. The summed E-state index contributed by atoms with van der Waals surface area (Å²) in [5.74, 6) is -0.00587. The van der Waals surface area contributed by atoms with Crippen molar-refractivity contribution in [3.8, 4) is 0 Å². The molecule has 1 aromatic carbocycles. The number of rotatable bonds is 3. The number of nitrogens with zero attached hydrogens (tertiary/aromatic N) is 1. The van der Waals surface area contributed by atoms with Crippen LogP contribution in [0.2, 0.25) is 0 Å². The summed E-state index contributed by atoms with van der Waals surface area (Å²) in [7, 11) is 0. The maximum absolute atomic E-state index is 12.0. The molecule has 1 heterocycles. The van der Waals surface area contributed by atoms with Gasteiger partial charge in [0, 0.05) is 6.07 Å². The van der Waals surface area contributed by atoms with E-state index in [-0.39, 0.29) is 23.1 Å². The first kappa shape index (κ1) is 15.3. The molecule has 21 heavy (non-hydrogen) atoms. The molecule has 0 aliphatic heterocycles. The summed E-state index contributed by atoms with van der Waals surface area (Å²) in [5.41, 5.74) is 3.16. The van der Waals surface area contributed by atoms with E-state index in [1.165, 1.54) is 5.56 Å². The summed E-state index contributed by atoms with van der Waals surface area (Å²) >= 11 is 0. The number of amides is 1. The van der Waals surface area contributed by atoms with Gasteiger partial charge in [-0.1, -0.05) is 50.2 Å². The van der Waals surface area contributed by atoms with Crippen LogP contribution in [-0.2, 0) is 5.41 Å². The maximum Gasteiger partial charge on any atom is 0.290 e. The topological polar surface area (TPSA) is 55.1 Å². The van der Waals surface area contributed by atoms with Gasteiger partial charge in [-0.05, 0) is 30.4 Å². The van der Waals surface area contributed by atoms with Crippen LogP contribution in [0.4, 0.5) is 0 Å². The fourth-order valence-corrected chi connectivity index (χ4v) is 2.09. The summed E-state index contributed by atoms with van der Waals surface area (Å²) < 4.78 is 4.96. The number of carbonyl (C=O) groups is 1. The average Bonchev–Trinajstić information content (AvgIpc) is 2.84. The fraction of sp³-hybridized carbons (Fsp3) is 0.412. The van der Waals surface area contributed by atoms with Gasteiger partial charge >= 0.3 is 0 Å². The van der Waals surface area contributed by atoms with Crippen molar-refractivity contribution >= 4 is 5.91 Å². The van der Waals surface area contributed by atoms with E-state index < -0.39 is 0 Å². The first-order valence-electron chi connectivity index (χ1n) is 7.12. The summed E-state index contributed by atoms with van der Waals surface area (Å²) in [6, 6.07) is 9.86. The van der Waals surface area contributed by atoms with Crippen molar-refractivity contribution in [1.82, 2.24) is 10.5 Å². The molecule has 1 amide bonds. The van der Waals surface area contributed by atoms with E-state index in [9.17, 15) is 4.79 Å². The molecule has 4 nitrogen and oxygen atoms in total. The number of benzene rings is 1. The lowest BCUT2D eigenvalue weighted by Gasteiger charge is -2.20. The Morgan fingerprint density at radius 2 is 1.86 bits per heavy atom. The van der Waals surface area contributed by atoms with Crippen LogP contribution < -0.4 is 5.32 Å². The van der Waals surface area contributed by atoms with E-state index >= 15 is 0 Å². The van der Waals surface area contributed by atoms with Gasteiger partial charge in [0.05, 0.1) is 11.7 Å². The molecule has 1 aromatic heterocycles. The Labute approximate surface area is 125 Å². The van der Waals surface area contributed by atoms with Crippen molar-refractivity contribution in [3.63, 3.8) is 0 Å². The second kappa shape index (κ2) is 5.72. The number of aryl methyl sites for hydroxylation is 1. The van der Waals surface area contributed by atoms with Gasteiger partial charge in [0.25, 0.3) is 5.91 Å². The predicted octanol–water partition coefficient (Wildman–Crippen LogP) is 3.77. The molecule has 0 radical (unpaired) electrons. The smallest absolute Gasteiger partial charge is 0.290 e. The largest absolute Gasteiger partial charge is 0.351 e. The highest BCUT2D eigenvalue weighted by Gasteiger charge is 2.17. The number of hydrogen-bond acceptors (Lipinski definition) is 3. The van der Waals surface area contributed by atoms with Gasteiger partial charge in [0.1, 0.15) is 0 Å². The van der Waals surface area contributed by atoms with Gasteiger partial charge in [-0.2, -0.15) is 0 Å². The summed E-state index contributed by atoms with van der Waals surface area (Å²) in [6.07, 6.45) is 0. The Bertz CT molecular complexity index is 621.